The standard InChI is InChI=1S/C15H15ClFN/c1-11(12-6-4-7-14(16)9-12)18-10-13-5-2-3-8-15(13)17/h2-9,11,18H,10H2,1H3. The van der Waals surface area contributed by atoms with Crippen LogP contribution in [0.1, 0.15) is 24.1 Å². The molecule has 2 aromatic carbocycles. The predicted molar refractivity (Wildman–Crippen MR) is 73.1 cm³/mol. The first-order chi connectivity index (χ1) is 8.66. The van der Waals surface area contributed by atoms with Gasteiger partial charge >= 0.3 is 0 Å². The summed E-state index contributed by atoms with van der Waals surface area (Å²) in [6, 6.07) is 14.6. The van der Waals surface area contributed by atoms with Gasteiger partial charge in [0.1, 0.15) is 5.82 Å². The highest BCUT2D eigenvalue weighted by Crippen LogP contribution is 2.18. The van der Waals surface area contributed by atoms with E-state index >= 15 is 0 Å². The topological polar surface area (TPSA) is 12.0 Å². The summed E-state index contributed by atoms with van der Waals surface area (Å²) < 4.78 is 13.4. The minimum Gasteiger partial charge on any atom is -0.306 e. The molecule has 0 spiro atoms. The van der Waals surface area contributed by atoms with Crippen molar-refractivity contribution in [1.82, 2.24) is 5.32 Å². The van der Waals surface area contributed by atoms with Crippen molar-refractivity contribution in [1.29, 1.82) is 0 Å². The lowest BCUT2D eigenvalue weighted by Gasteiger charge is -2.14. The second-order valence-electron chi connectivity index (χ2n) is 4.25. The normalized spacial score (nSPS) is 12.4. The summed E-state index contributed by atoms with van der Waals surface area (Å²) in [5.74, 6) is -0.178. The van der Waals surface area contributed by atoms with Crippen LogP contribution in [-0.2, 0) is 6.54 Å². The van der Waals surface area contributed by atoms with Crippen molar-refractivity contribution in [3.63, 3.8) is 0 Å². The summed E-state index contributed by atoms with van der Waals surface area (Å²) in [5.41, 5.74) is 1.77. The first-order valence-corrected chi connectivity index (χ1v) is 6.27. The Hall–Kier alpha value is -1.38. The molecule has 3 heteroatoms. The molecule has 0 saturated heterocycles. The highest BCUT2D eigenvalue weighted by molar-refractivity contribution is 6.30. The molecule has 18 heavy (non-hydrogen) atoms. The lowest BCUT2D eigenvalue weighted by atomic mass is 10.1. The van der Waals surface area contributed by atoms with E-state index in [0.717, 1.165) is 5.56 Å². The predicted octanol–water partition coefficient (Wildman–Crippen LogP) is 4.33. The Morgan fingerprint density at radius 2 is 1.94 bits per heavy atom. The maximum absolute atomic E-state index is 13.4. The van der Waals surface area contributed by atoms with Gasteiger partial charge in [-0.25, -0.2) is 4.39 Å². The number of halogens is 2. The Labute approximate surface area is 112 Å². The number of rotatable bonds is 4. The molecular formula is C15H15ClFN. The van der Waals surface area contributed by atoms with Gasteiger partial charge in [0.15, 0.2) is 0 Å². The highest BCUT2D eigenvalue weighted by Gasteiger charge is 2.06. The van der Waals surface area contributed by atoms with Gasteiger partial charge in [-0.05, 0) is 30.7 Å². The van der Waals surface area contributed by atoms with Crippen molar-refractivity contribution < 1.29 is 4.39 Å². The molecule has 0 fully saturated rings. The van der Waals surface area contributed by atoms with E-state index in [1.54, 1.807) is 12.1 Å². The van der Waals surface area contributed by atoms with Gasteiger partial charge in [-0.3, -0.25) is 0 Å². The molecule has 1 unspecified atom stereocenters. The van der Waals surface area contributed by atoms with Gasteiger partial charge in [0.2, 0.25) is 0 Å². The van der Waals surface area contributed by atoms with E-state index in [9.17, 15) is 4.39 Å². The van der Waals surface area contributed by atoms with E-state index in [-0.39, 0.29) is 11.9 Å². The van der Waals surface area contributed by atoms with Crippen LogP contribution in [0.5, 0.6) is 0 Å². The molecule has 94 valence electrons. The Balaban J connectivity index is 2.00. The van der Waals surface area contributed by atoms with Crippen LogP contribution in [0.25, 0.3) is 0 Å². The van der Waals surface area contributed by atoms with E-state index < -0.39 is 0 Å². The summed E-state index contributed by atoms with van der Waals surface area (Å²) in [4.78, 5) is 0. The molecule has 0 aliphatic carbocycles. The average molecular weight is 264 g/mol. The third-order valence-electron chi connectivity index (χ3n) is 2.91. The fraction of sp³-hybridized carbons (Fsp3) is 0.200. The third-order valence-corrected chi connectivity index (χ3v) is 3.14. The van der Waals surface area contributed by atoms with Crippen LogP contribution in [0.15, 0.2) is 48.5 Å². The Kier molecular flexibility index (Phi) is 4.34. The largest absolute Gasteiger partial charge is 0.306 e. The molecule has 0 bridgehead atoms. The van der Waals surface area contributed by atoms with Gasteiger partial charge in [0, 0.05) is 23.2 Å². The van der Waals surface area contributed by atoms with Gasteiger partial charge in [0.25, 0.3) is 0 Å². The monoisotopic (exact) mass is 263 g/mol. The molecule has 0 aromatic heterocycles. The second-order valence-corrected chi connectivity index (χ2v) is 4.69. The molecule has 1 N–H and O–H groups in total. The molecule has 2 aromatic rings. The fourth-order valence-electron chi connectivity index (χ4n) is 1.80. The van der Waals surface area contributed by atoms with Gasteiger partial charge in [-0.1, -0.05) is 41.9 Å². The van der Waals surface area contributed by atoms with Crippen molar-refractivity contribution in [2.24, 2.45) is 0 Å². The molecular weight excluding hydrogens is 249 g/mol. The van der Waals surface area contributed by atoms with Crippen LogP contribution in [0.4, 0.5) is 4.39 Å². The van der Waals surface area contributed by atoms with Crippen LogP contribution in [0.3, 0.4) is 0 Å². The summed E-state index contributed by atoms with van der Waals surface area (Å²) in [5, 5.41) is 4.00. The molecule has 0 amide bonds. The molecule has 2 rings (SSSR count). The Bertz CT molecular complexity index is 527. The van der Waals surface area contributed by atoms with Crippen LogP contribution >= 0.6 is 11.6 Å². The number of nitrogens with one attached hydrogen (secondary N) is 1. The molecule has 0 aliphatic rings. The number of hydrogen-bond donors (Lipinski definition) is 1. The van der Waals surface area contributed by atoms with Crippen molar-refractivity contribution >= 4 is 11.6 Å². The number of hydrogen-bond acceptors (Lipinski definition) is 1. The highest BCUT2D eigenvalue weighted by atomic mass is 35.5. The summed E-state index contributed by atoms with van der Waals surface area (Å²) >= 11 is 5.94. The molecule has 1 atom stereocenters. The first-order valence-electron chi connectivity index (χ1n) is 5.89. The number of benzene rings is 2. The van der Waals surface area contributed by atoms with Crippen molar-refractivity contribution in [3.05, 3.63) is 70.5 Å². The van der Waals surface area contributed by atoms with Crippen LogP contribution < -0.4 is 5.32 Å². The summed E-state index contributed by atoms with van der Waals surface area (Å²) in [6.07, 6.45) is 0. The molecule has 0 aliphatic heterocycles. The maximum atomic E-state index is 13.4. The zero-order chi connectivity index (χ0) is 13.0. The van der Waals surface area contributed by atoms with Crippen molar-refractivity contribution in [3.8, 4) is 0 Å². The zero-order valence-corrected chi connectivity index (χ0v) is 10.9. The van der Waals surface area contributed by atoms with E-state index in [1.165, 1.54) is 6.07 Å². The fourth-order valence-corrected chi connectivity index (χ4v) is 2.00. The SMILES string of the molecule is CC(NCc1ccccc1F)c1cccc(Cl)c1. The maximum Gasteiger partial charge on any atom is 0.127 e. The van der Waals surface area contributed by atoms with Gasteiger partial charge in [-0.2, -0.15) is 0 Å². The van der Waals surface area contributed by atoms with E-state index in [1.807, 2.05) is 37.3 Å². The van der Waals surface area contributed by atoms with E-state index in [4.69, 9.17) is 11.6 Å². The van der Waals surface area contributed by atoms with Crippen molar-refractivity contribution in [2.75, 3.05) is 0 Å². The molecule has 0 heterocycles. The first kappa shape index (κ1) is 13.1. The van der Waals surface area contributed by atoms with Gasteiger partial charge in [-0.15, -0.1) is 0 Å². The van der Waals surface area contributed by atoms with E-state index in [2.05, 4.69) is 5.32 Å². The molecule has 1 nitrogen and oxygen atoms in total. The van der Waals surface area contributed by atoms with Crippen LogP contribution in [-0.4, -0.2) is 0 Å². The summed E-state index contributed by atoms with van der Waals surface area (Å²) in [6.45, 7) is 2.53. The Morgan fingerprint density at radius 1 is 1.17 bits per heavy atom. The Morgan fingerprint density at radius 3 is 2.67 bits per heavy atom. The second kappa shape index (κ2) is 5.98. The lowest BCUT2D eigenvalue weighted by molar-refractivity contribution is 0.544. The minimum atomic E-state index is -0.178. The smallest absolute Gasteiger partial charge is 0.127 e. The summed E-state index contributed by atoms with van der Waals surface area (Å²) in [7, 11) is 0. The van der Waals surface area contributed by atoms with Gasteiger partial charge in [0.05, 0.1) is 0 Å². The van der Waals surface area contributed by atoms with Crippen LogP contribution in [0.2, 0.25) is 5.02 Å². The van der Waals surface area contributed by atoms with Crippen LogP contribution in [0, 0.1) is 5.82 Å². The van der Waals surface area contributed by atoms with Crippen molar-refractivity contribution in [2.45, 2.75) is 19.5 Å². The lowest BCUT2D eigenvalue weighted by Crippen LogP contribution is -2.18. The molecule has 0 radical (unpaired) electrons. The van der Waals surface area contributed by atoms with E-state index in [0.29, 0.717) is 17.1 Å². The third kappa shape index (κ3) is 3.31. The quantitative estimate of drug-likeness (QED) is 0.866. The average Bonchev–Trinajstić information content (AvgIpc) is 2.37. The minimum absolute atomic E-state index is 0.128. The zero-order valence-electron chi connectivity index (χ0n) is 10.2. The molecule has 0 saturated carbocycles. The van der Waals surface area contributed by atoms with Gasteiger partial charge < -0.3 is 5.32 Å².